The molecule has 0 saturated heterocycles. The Morgan fingerprint density at radius 1 is 1.29 bits per heavy atom. The second kappa shape index (κ2) is 6.12. The van der Waals surface area contributed by atoms with Crippen molar-refractivity contribution in [2.24, 2.45) is 0 Å². The van der Waals surface area contributed by atoms with Crippen LogP contribution in [0.3, 0.4) is 0 Å². The number of carbonyl (C=O) groups is 1. The topological polar surface area (TPSA) is 45.7 Å². The smallest absolute Gasteiger partial charge is 0.262 e. The molecule has 3 nitrogen and oxygen atoms in total. The van der Waals surface area contributed by atoms with Gasteiger partial charge in [0.2, 0.25) is 6.17 Å². The van der Waals surface area contributed by atoms with Gasteiger partial charge in [-0.2, -0.15) is 0 Å². The second-order valence-corrected chi connectivity index (χ2v) is 6.14. The van der Waals surface area contributed by atoms with Crippen LogP contribution in [0.15, 0.2) is 24.3 Å². The molecule has 1 rings (SSSR count). The minimum Gasteiger partial charge on any atom is -0.326 e. The lowest BCUT2D eigenvalue weighted by molar-refractivity contribution is -0.666. The standard InChI is InChI=1S/C10H10Cl4N2O/c1-15-9(10(12,13)14)16-8(17)6-2-4-7(11)5-3-6/h2-5,9,15H,1H3,(H,16,17)/p+1/t9-/m0/s1. The summed E-state index contributed by atoms with van der Waals surface area (Å²) in [6, 6.07) is 6.44. The van der Waals surface area contributed by atoms with Crippen molar-refractivity contribution in [3.8, 4) is 0 Å². The Morgan fingerprint density at radius 3 is 2.24 bits per heavy atom. The molecule has 0 saturated carbocycles. The Kier molecular flexibility index (Phi) is 5.35. The molecule has 0 radical (unpaired) electrons. The van der Waals surface area contributed by atoms with Crippen LogP contribution >= 0.6 is 46.4 Å². The van der Waals surface area contributed by atoms with Crippen LogP contribution in [0.1, 0.15) is 10.4 Å². The van der Waals surface area contributed by atoms with E-state index in [2.05, 4.69) is 5.32 Å². The van der Waals surface area contributed by atoms with Gasteiger partial charge >= 0.3 is 0 Å². The van der Waals surface area contributed by atoms with Crippen molar-refractivity contribution >= 4 is 52.3 Å². The third-order valence-corrected chi connectivity index (χ3v) is 3.04. The summed E-state index contributed by atoms with van der Waals surface area (Å²) in [5.41, 5.74) is 0.454. The number of benzene rings is 1. The van der Waals surface area contributed by atoms with Gasteiger partial charge in [0, 0.05) is 10.6 Å². The Bertz CT molecular complexity index is 388. The number of halogens is 4. The van der Waals surface area contributed by atoms with Crippen LogP contribution in [0.25, 0.3) is 0 Å². The number of hydrogen-bond acceptors (Lipinski definition) is 1. The van der Waals surface area contributed by atoms with E-state index in [0.29, 0.717) is 10.6 Å². The zero-order valence-electron chi connectivity index (χ0n) is 8.88. The second-order valence-electron chi connectivity index (χ2n) is 3.33. The Morgan fingerprint density at radius 2 is 1.82 bits per heavy atom. The lowest BCUT2D eigenvalue weighted by Crippen LogP contribution is -2.93. The van der Waals surface area contributed by atoms with Gasteiger partial charge in [0.05, 0.1) is 7.05 Å². The van der Waals surface area contributed by atoms with E-state index in [0.717, 1.165) is 0 Å². The number of quaternary nitrogens is 1. The average Bonchev–Trinajstić information content (AvgIpc) is 2.24. The molecule has 0 spiro atoms. The van der Waals surface area contributed by atoms with Crippen LogP contribution in [-0.2, 0) is 0 Å². The largest absolute Gasteiger partial charge is 0.326 e. The maximum absolute atomic E-state index is 11.8. The zero-order valence-corrected chi connectivity index (χ0v) is 11.9. The van der Waals surface area contributed by atoms with Gasteiger partial charge in [0.1, 0.15) is 0 Å². The van der Waals surface area contributed by atoms with Crippen LogP contribution in [0.5, 0.6) is 0 Å². The van der Waals surface area contributed by atoms with E-state index in [9.17, 15) is 4.79 Å². The summed E-state index contributed by atoms with van der Waals surface area (Å²) in [5.74, 6) is -0.323. The molecule has 0 aromatic heterocycles. The summed E-state index contributed by atoms with van der Waals surface area (Å²) in [6.07, 6.45) is -0.657. The lowest BCUT2D eigenvalue weighted by Gasteiger charge is -2.21. The van der Waals surface area contributed by atoms with Crippen LogP contribution in [-0.4, -0.2) is 22.9 Å². The van der Waals surface area contributed by atoms with Crippen LogP contribution in [0, 0.1) is 0 Å². The molecule has 94 valence electrons. The molecule has 17 heavy (non-hydrogen) atoms. The summed E-state index contributed by atoms with van der Waals surface area (Å²) in [4.78, 5) is 11.8. The molecule has 1 atom stereocenters. The fourth-order valence-corrected chi connectivity index (χ4v) is 1.85. The predicted molar refractivity (Wildman–Crippen MR) is 70.8 cm³/mol. The monoisotopic (exact) mass is 315 g/mol. The molecular weight excluding hydrogens is 306 g/mol. The first kappa shape index (κ1) is 14.9. The SMILES string of the molecule is C[NH2+][C@@H](NC(=O)c1ccc(Cl)cc1)C(Cl)(Cl)Cl. The number of rotatable bonds is 3. The molecule has 0 unspecified atom stereocenters. The normalized spacial score (nSPS) is 13.2. The maximum Gasteiger partial charge on any atom is 0.262 e. The molecule has 7 heteroatoms. The highest BCUT2D eigenvalue weighted by atomic mass is 35.6. The van der Waals surface area contributed by atoms with E-state index in [1.807, 2.05) is 0 Å². The first-order valence-electron chi connectivity index (χ1n) is 4.77. The molecule has 0 bridgehead atoms. The van der Waals surface area contributed by atoms with Crippen molar-refractivity contribution in [2.75, 3.05) is 7.05 Å². The quantitative estimate of drug-likeness (QED) is 0.650. The van der Waals surface area contributed by atoms with E-state index in [-0.39, 0.29) is 5.91 Å². The van der Waals surface area contributed by atoms with Crippen LogP contribution in [0.4, 0.5) is 0 Å². The average molecular weight is 317 g/mol. The fraction of sp³-hybridized carbons (Fsp3) is 0.300. The Labute approximate surface area is 119 Å². The van der Waals surface area contributed by atoms with E-state index in [1.165, 1.54) is 0 Å². The highest BCUT2D eigenvalue weighted by molar-refractivity contribution is 6.68. The van der Waals surface area contributed by atoms with E-state index < -0.39 is 9.96 Å². The molecule has 0 aliphatic rings. The van der Waals surface area contributed by atoms with Crippen molar-refractivity contribution in [1.82, 2.24) is 5.32 Å². The highest BCUT2D eigenvalue weighted by Gasteiger charge is 2.36. The van der Waals surface area contributed by atoms with Crippen LogP contribution < -0.4 is 10.6 Å². The van der Waals surface area contributed by atoms with Gasteiger partial charge in [-0.25, -0.2) is 0 Å². The third kappa shape index (κ3) is 4.53. The van der Waals surface area contributed by atoms with E-state index in [1.54, 1.807) is 36.6 Å². The van der Waals surface area contributed by atoms with Gasteiger partial charge in [-0.1, -0.05) is 46.4 Å². The van der Waals surface area contributed by atoms with Gasteiger partial charge in [0.25, 0.3) is 9.70 Å². The van der Waals surface area contributed by atoms with Crippen LogP contribution in [0.2, 0.25) is 5.02 Å². The summed E-state index contributed by atoms with van der Waals surface area (Å²) in [6.45, 7) is 0. The molecule has 1 amide bonds. The maximum atomic E-state index is 11.8. The van der Waals surface area contributed by atoms with Crippen molar-refractivity contribution in [3.05, 3.63) is 34.9 Å². The zero-order chi connectivity index (χ0) is 13.1. The Hall–Kier alpha value is -0.190. The van der Waals surface area contributed by atoms with E-state index in [4.69, 9.17) is 46.4 Å². The molecule has 0 aliphatic carbocycles. The van der Waals surface area contributed by atoms with Gasteiger partial charge in [0.15, 0.2) is 0 Å². The minimum atomic E-state index is -1.57. The van der Waals surface area contributed by atoms with E-state index >= 15 is 0 Å². The van der Waals surface area contributed by atoms with Crippen molar-refractivity contribution in [1.29, 1.82) is 0 Å². The minimum absolute atomic E-state index is 0.323. The molecule has 1 aromatic rings. The first-order chi connectivity index (χ1) is 7.84. The lowest BCUT2D eigenvalue weighted by atomic mass is 10.2. The molecule has 0 aliphatic heterocycles. The summed E-state index contributed by atoms with van der Waals surface area (Å²) in [5, 5.41) is 4.78. The van der Waals surface area contributed by atoms with Gasteiger partial charge in [-0.05, 0) is 24.3 Å². The number of nitrogens with two attached hydrogens (primary N) is 1. The summed E-state index contributed by atoms with van der Waals surface area (Å²) in [7, 11) is 1.70. The molecule has 1 aromatic carbocycles. The molecule has 3 N–H and O–H groups in total. The number of nitrogens with one attached hydrogen (secondary N) is 1. The summed E-state index contributed by atoms with van der Waals surface area (Å²) >= 11 is 22.9. The summed E-state index contributed by atoms with van der Waals surface area (Å²) < 4.78 is -1.57. The third-order valence-electron chi connectivity index (χ3n) is 2.08. The van der Waals surface area contributed by atoms with Crippen molar-refractivity contribution < 1.29 is 10.1 Å². The van der Waals surface area contributed by atoms with Gasteiger partial charge in [-0.3, -0.25) is 10.1 Å². The van der Waals surface area contributed by atoms with Gasteiger partial charge < -0.3 is 5.32 Å². The fourth-order valence-electron chi connectivity index (χ4n) is 1.18. The first-order valence-corrected chi connectivity index (χ1v) is 6.28. The van der Waals surface area contributed by atoms with Crippen molar-refractivity contribution in [3.63, 3.8) is 0 Å². The number of carbonyl (C=O) groups excluding carboxylic acids is 1. The molecule has 0 fully saturated rings. The number of amides is 1. The molecule has 0 heterocycles. The van der Waals surface area contributed by atoms with Crippen molar-refractivity contribution in [2.45, 2.75) is 9.96 Å². The molecular formula is C10H11Cl4N2O+. The highest BCUT2D eigenvalue weighted by Crippen LogP contribution is 2.27. The predicted octanol–water partition coefficient (Wildman–Crippen LogP) is 1.96. The number of hydrogen-bond donors (Lipinski definition) is 2. The Balaban J connectivity index is 2.75. The number of alkyl halides is 3. The van der Waals surface area contributed by atoms with Gasteiger partial charge in [-0.15, -0.1) is 0 Å².